The maximum atomic E-state index is 11.0. The zero-order chi connectivity index (χ0) is 19.0. The Labute approximate surface area is 151 Å². The molecule has 25 heavy (non-hydrogen) atoms. The Bertz CT molecular complexity index is 703. The molecule has 0 unspecified atom stereocenters. The van der Waals surface area contributed by atoms with Crippen LogP contribution in [0.2, 0.25) is 0 Å². The topological polar surface area (TPSA) is 71.1 Å². The van der Waals surface area contributed by atoms with Gasteiger partial charge in [-0.25, -0.2) is 0 Å². The van der Waals surface area contributed by atoms with Gasteiger partial charge in [0.15, 0.2) is 0 Å². The lowest BCUT2D eigenvalue weighted by atomic mass is 9.77. The minimum absolute atomic E-state index is 0.0172. The van der Waals surface area contributed by atoms with Crippen molar-refractivity contribution in [1.29, 1.82) is 0 Å². The predicted molar refractivity (Wildman–Crippen MR) is 97.9 cm³/mol. The highest BCUT2D eigenvalue weighted by Crippen LogP contribution is 2.37. The smallest absolute Gasteiger partial charge is 0.491 e. The van der Waals surface area contributed by atoms with Gasteiger partial charge in [-0.05, 0) is 58.1 Å². The van der Waals surface area contributed by atoms with E-state index in [4.69, 9.17) is 14.0 Å². The molecule has 0 spiro atoms. The minimum atomic E-state index is -3.45. The first-order valence-corrected chi connectivity index (χ1v) is 10.1. The fourth-order valence-corrected chi connectivity index (χ4v) is 3.03. The predicted octanol–water partition coefficient (Wildman–Crippen LogP) is 1.96. The van der Waals surface area contributed by atoms with Crippen molar-refractivity contribution in [3.05, 3.63) is 23.3 Å². The van der Waals surface area contributed by atoms with E-state index in [0.29, 0.717) is 0 Å². The molecule has 0 atom stereocenters. The summed E-state index contributed by atoms with van der Waals surface area (Å²) in [4.78, 5) is 0. The van der Waals surface area contributed by atoms with Gasteiger partial charge in [0.05, 0.1) is 17.5 Å². The van der Waals surface area contributed by atoms with Gasteiger partial charge < -0.3 is 14.0 Å². The molecule has 0 amide bonds. The van der Waals surface area contributed by atoms with Crippen LogP contribution >= 0.6 is 0 Å². The largest absolute Gasteiger partial charge is 0.494 e. The van der Waals surface area contributed by atoms with Crippen molar-refractivity contribution in [2.75, 3.05) is 19.5 Å². The maximum absolute atomic E-state index is 11.0. The second-order valence-corrected chi connectivity index (χ2v) is 9.09. The summed E-state index contributed by atoms with van der Waals surface area (Å²) >= 11 is 0. The van der Waals surface area contributed by atoms with Crippen molar-refractivity contribution >= 4 is 22.7 Å². The monoisotopic (exact) mass is 370 g/mol. The number of rotatable bonds is 6. The summed E-state index contributed by atoms with van der Waals surface area (Å²) < 4.78 is 44.5. The van der Waals surface area contributed by atoms with E-state index in [1.165, 1.54) is 0 Å². The summed E-state index contributed by atoms with van der Waals surface area (Å²) in [5, 5.41) is 0. The lowest BCUT2D eigenvalue weighted by Gasteiger charge is -2.32. The number of hydrogen-bond acceptors (Lipinski definition) is 6. The zero-order valence-corrected chi connectivity index (χ0v) is 16.8. The highest BCUT2D eigenvalue weighted by atomic mass is 32.2. The maximum Gasteiger partial charge on any atom is 0.494 e. The van der Waals surface area contributed by atoms with Crippen LogP contribution in [-0.4, -0.2) is 46.2 Å². The minimum Gasteiger partial charge on any atom is -0.491 e. The molecule has 0 saturated carbocycles. The third kappa shape index (κ3) is 4.75. The molecule has 140 valence electrons. The highest BCUT2D eigenvalue weighted by molar-refractivity contribution is 7.85. The number of hydrogen-bond donors (Lipinski definition) is 0. The average molecular weight is 370 g/mol. The molecule has 1 saturated heterocycles. The second-order valence-electron chi connectivity index (χ2n) is 7.45. The molecule has 1 heterocycles. The Kier molecular flexibility index (Phi) is 5.59. The van der Waals surface area contributed by atoms with E-state index in [9.17, 15) is 8.42 Å². The summed E-state index contributed by atoms with van der Waals surface area (Å²) in [5.41, 5.74) is 2.02. The van der Waals surface area contributed by atoms with Crippen LogP contribution in [0.5, 0.6) is 5.75 Å². The summed E-state index contributed by atoms with van der Waals surface area (Å²) in [5.74, 6) is 0.720. The molecule has 0 radical (unpaired) electrons. The fraction of sp³-hybridized carbons (Fsp3) is 0.647. The Balaban J connectivity index is 2.10. The van der Waals surface area contributed by atoms with Crippen LogP contribution in [0.3, 0.4) is 0 Å². The normalized spacial score (nSPS) is 19.2. The van der Waals surface area contributed by atoms with E-state index in [0.717, 1.165) is 28.6 Å². The zero-order valence-electron chi connectivity index (χ0n) is 16.0. The number of ether oxygens (including phenoxy) is 1. The molecule has 1 fully saturated rings. The molecule has 1 aliphatic heterocycles. The molecule has 2 rings (SSSR count). The van der Waals surface area contributed by atoms with E-state index in [-0.39, 0.29) is 13.2 Å². The third-order valence-corrected chi connectivity index (χ3v) is 5.23. The van der Waals surface area contributed by atoms with Gasteiger partial charge in [-0.3, -0.25) is 4.18 Å². The van der Waals surface area contributed by atoms with Gasteiger partial charge in [-0.1, -0.05) is 12.1 Å². The lowest BCUT2D eigenvalue weighted by Crippen LogP contribution is -2.41. The van der Waals surface area contributed by atoms with Crippen LogP contribution < -0.4 is 10.2 Å². The second kappa shape index (κ2) is 6.91. The van der Waals surface area contributed by atoms with Gasteiger partial charge in [-0.2, -0.15) is 8.42 Å². The first-order chi connectivity index (χ1) is 11.3. The molecule has 1 aliphatic rings. The van der Waals surface area contributed by atoms with Crippen LogP contribution in [0, 0.1) is 13.8 Å². The number of aryl methyl sites for hydroxylation is 2. The van der Waals surface area contributed by atoms with Crippen LogP contribution in [0.25, 0.3) is 0 Å². The Hall–Kier alpha value is -1.09. The molecule has 1 aromatic carbocycles. The first kappa shape index (κ1) is 20.2. The van der Waals surface area contributed by atoms with E-state index >= 15 is 0 Å². The van der Waals surface area contributed by atoms with Crippen LogP contribution in [0.4, 0.5) is 0 Å². The average Bonchev–Trinajstić information content (AvgIpc) is 2.64. The molecule has 6 nitrogen and oxygen atoms in total. The Morgan fingerprint density at radius 2 is 1.48 bits per heavy atom. The molecule has 8 heteroatoms. The van der Waals surface area contributed by atoms with Gasteiger partial charge in [0.25, 0.3) is 10.1 Å². The highest BCUT2D eigenvalue weighted by Gasteiger charge is 2.51. The first-order valence-electron chi connectivity index (χ1n) is 8.26. The summed E-state index contributed by atoms with van der Waals surface area (Å²) in [7, 11) is -3.88. The fourth-order valence-electron chi connectivity index (χ4n) is 2.66. The van der Waals surface area contributed by atoms with Crippen LogP contribution in [0.15, 0.2) is 12.1 Å². The third-order valence-electron chi connectivity index (χ3n) is 4.64. The van der Waals surface area contributed by atoms with Gasteiger partial charge in [0.1, 0.15) is 19.0 Å². The standard InChI is InChI=1S/C17H27BO6S/c1-12-10-14(18-23-16(3,4)17(5,6)24-18)11-13(2)15(12)21-8-9-22-25(7,19)20/h10-11H,8-9H2,1-7H3. The molecular weight excluding hydrogens is 343 g/mol. The SMILES string of the molecule is Cc1cc(B2OC(C)(C)C(C)(C)O2)cc(C)c1OCCOS(C)(=O)=O. The summed E-state index contributed by atoms with van der Waals surface area (Å²) in [6, 6.07) is 3.95. The van der Waals surface area contributed by atoms with Gasteiger partial charge in [-0.15, -0.1) is 0 Å². The summed E-state index contributed by atoms with van der Waals surface area (Å²) in [6.45, 7) is 12.1. The van der Waals surface area contributed by atoms with Crippen LogP contribution in [0.1, 0.15) is 38.8 Å². The molecule has 1 aromatic rings. The molecule has 0 bridgehead atoms. The molecule has 0 aliphatic carbocycles. The summed E-state index contributed by atoms with van der Waals surface area (Å²) in [6.07, 6.45) is 1.02. The van der Waals surface area contributed by atoms with Crippen molar-refractivity contribution in [3.8, 4) is 5.75 Å². The van der Waals surface area contributed by atoms with Crippen LogP contribution in [-0.2, 0) is 23.6 Å². The Morgan fingerprint density at radius 1 is 1.00 bits per heavy atom. The van der Waals surface area contributed by atoms with Gasteiger partial charge in [0.2, 0.25) is 0 Å². The molecule has 0 aromatic heterocycles. The van der Waals surface area contributed by atoms with Crippen molar-refractivity contribution in [2.24, 2.45) is 0 Å². The quantitative estimate of drug-likeness (QED) is 0.433. The van der Waals surface area contributed by atoms with E-state index < -0.39 is 28.4 Å². The molecule has 0 N–H and O–H groups in total. The van der Waals surface area contributed by atoms with E-state index in [1.54, 1.807) is 0 Å². The lowest BCUT2D eigenvalue weighted by molar-refractivity contribution is 0.00578. The number of benzene rings is 1. The van der Waals surface area contributed by atoms with E-state index in [1.807, 2.05) is 53.7 Å². The molecular formula is C17H27BO6S. The van der Waals surface area contributed by atoms with Crippen molar-refractivity contribution in [3.63, 3.8) is 0 Å². The Morgan fingerprint density at radius 3 is 1.92 bits per heavy atom. The van der Waals surface area contributed by atoms with E-state index in [2.05, 4.69) is 4.18 Å². The van der Waals surface area contributed by atoms with Gasteiger partial charge in [0, 0.05) is 0 Å². The van der Waals surface area contributed by atoms with Crippen molar-refractivity contribution in [2.45, 2.75) is 52.7 Å². The van der Waals surface area contributed by atoms with Crippen molar-refractivity contribution < 1.29 is 26.6 Å². The van der Waals surface area contributed by atoms with Crippen molar-refractivity contribution in [1.82, 2.24) is 0 Å². The van der Waals surface area contributed by atoms with Gasteiger partial charge >= 0.3 is 7.12 Å².